The van der Waals surface area contributed by atoms with Crippen molar-refractivity contribution in [1.82, 2.24) is 34.8 Å². The van der Waals surface area contributed by atoms with Crippen LogP contribution in [0.1, 0.15) is 5.69 Å². The van der Waals surface area contributed by atoms with Crippen molar-refractivity contribution in [2.24, 2.45) is 5.16 Å². The van der Waals surface area contributed by atoms with Gasteiger partial charge in [-0.1, -0.05) is 16.9 Å². The first-order chi connectivity index (χ1) is 17.2. The van der Waals surface area contributed by atoms with Crippen LogP contribution < -0.4 is 11.1 Å². The lowest BCUT2D eigenvalue weighted by atomic mass is 10.0. The number of thioether (sulfide) groups is 2. The van der Waals surface area contributed by atoms with Crippen LogP contribution in [0.4, 0.5) is 5.00 Å². The van der Waals surface area contributed by atoms with Crippen LogP contribution in [-0.4, -0.2) is 99.2 Å². The second-order valence-corrected chi connectivity index (χ2v) is 10.0. The molecule has 2 aliphatic rings. The molecule has 0 saturated carbocycles. The second kappa shape index (κ2) is 10.5. The zero-order valence-electron chi connectivity index (χ0n) is 18.2. The van der Waals surface area contributed by atoms with Gasteiger partial charge in [0.2, 0.25) is 5.16 Å². The van der Waals surface area contributed by atoms with E-state index in [-0.39, 0.29) is 33.8 Å². The number of fused-ring (bicyclic) bond motifs is 1. The van der Waals surface area contributed by atoms with Crippen molar-refractivity contribution in [2.75, 3.05) is 24.3 Å². The quantitative estimate of drug-likeness (QED) is 0.115. The molecule has 0 aliphatic carbocycles. The van der Waals surface area contributed by atoms with Crippen molar-refractivity contribution in [2.45, 2.75) is 23.1 Å². The maximum Gasteiger partial charge on any atom is 0.352 e. The molecule has 36 heavy (non-hydrogen) atoms. The molecule has 0 radical (unpaired) electrons. The summed E-state index contributed by atoms with van der Waals surface area (Å²) < 4.78 is 5.10. The number of nitrogens with zero attached hydrogens (tertiary/aromatic N) is 7. The molecule has 1 saturated heterocycles. The fraction of sp³-hybridized carbons (Fsp3) is 0.353. The van der Waals surface area contributed by atoms with Crippen LogP contribution in [0.15, 0.2) is 27.6 Å². The van der Waals surface area contributed by atoms with Crippen molar-refractivity contribution >= 4 is 69.5 Å². The van der Waals surface area contributed by atoms with Crippen LogP contribution >= 0.6 is 35.1 Å². The fourth-order valence-corrected chi connectivity index (χ4v) is 6.25. The van der Waals surface area contributed by atoms with Crippen LogP contribution in [-0.2, 0) is 30.6 Å². The number of hydrogen-bond acceptors (Lipinski definition) is 14. The van der Waals surface area contributed by atoms with Gasteiger partial charge in [0.25, 0.3) is 11.8 Å². The highest BCUT2D eigenvalue weighted by atomic mass is 32.2. The van der Waals surface area contributed by atoms with E-state index in [1.165, 1.54) is 24.9 Å². The number of carbonyl (C=O) groups excluding carboxylic acids is 2. The Hall–Kier alpha value is -3.71. The number of β-lactam (4-membered cyclic amide) rings is 1. The minimum absolute atomic E-state index is 0.109. The monoisotopic (exact) mass is 555 g/mol. The Balaban J connectivity index is 1.48. The first-order valence-corrected chi connectivity index (χ1v) is 12.7. The lowest BCUT2D eigenvalue weighted by Crippen LogP contribution is -2.71. The number of aliphatic carboxylic acids is 2. The van der Waals surface area contributed by atoms with Crippen molar-refractivity contribution in [3.8, 4) is 0 Å². The maximum absolute atomic E-state index is 12.9. The van der Waals surface area contributed by atoms with Gasteiger partial charge >= 0.3 is 11.9 Å². The fourth-order valence-electron chi connectivity index (χ4n) is 3.38. The van der Waals surface area contributed by atoms with Gasteiger partial charge in [-0.2, -0.15) is 4.37 Å². The molecule has 4 heterocycles. The molecule has 5 N–H and O–H groups in total. The molecule has 2 amide bonds. The molecule has 0 unspecified atom stereocenters. The maximum atomic E-state index is 12.9. The average molecular weight is 556 g/mol. The molecular weight excluding hydrogens is 538 g/mol. The number of carboxylic acids is 2. The van der Waals surface area contributed by atoms with E-state index in [1.54, 1.807) is 0 Å². The van der Waals surface area contributed by atoms with Crippen molar-refractivity contribution < 1.29 is 34.2 Å². The molecule has 2 aliphatic heterocycles. The summed E-state index contributed by atoms with van der Waals surface area (Å²) in [5, 5.41) is 35.7. The van der Waals surface area contributed by atoms with Crippen molar-refractivity contribution in [3.05, 3.63) is 23.0 Å². The molecule has 0 spiro atoms. The molecule has 1 fully saturated rings. The number of aromatic nitrogens is 5. The molecular formula is C17H17N9O7S3. The Morgan fingerprint density at radius 1 is 1.39 bits per heavy atom. The molecule has 2 atom stereocenters. The summed E-state index contributed by atoms with van der Waals surface area (Å²) in [7, 11) is 1.25. The number of nitrogens with two attached hydrogens (primary N) is 1. The Labute approximate surface area is 214 Å². The zero-order chi connectivity index (χ0) is 26.0. The molecule has 0 bridgehead atoms. The highest BCUT2D eigenvalue weighted by Gasteiger charge is 2.54. The van der Waals surface area contributed by atoms with Crippen molar-refractivity contribution in [1.29, 1.82) is 0 Å². The predicted molar refractivity (Wildman–Crippen MR) is 126 cm³/mol. The van der Waals surface area contributed by atoms with Gasteiger partial charge in [0.1, 0.15) is 41.5 Å². The third-order valence-corrected chi connectivity index (χ3v) is 7.86. The summed E-state index contributed by atoms with van der Waals surface area (Å²) in [5.41, 5.74) is 5.89. The number of rotatable bonds is 10. The average Bonchev–Trinajstić information content (AvgIpc) is 3.46. The normalized spacial score (nSPS) is 19.5. The topological polar surface area (TPSA) is 228 Å². The van der Waals surface area contributed by atoms with Gasteiger partial charge in [0.05, 0.1) is 0 Å². The third-order valence-electron chi connectivity index (χ3n) is 4.86. The molecule has 2 aromatic heterocycles. The molecule has 4 rings (SSSR count). The first-order valence-electron chi connectivity index (χ1n) is 9.86. The Morgan fingerprint density at radius 2 is 2.17 bits per heavy atom. The van der Waals surface area contributed by atoms with Gasteiger partial charge in [-0.3, -0.25) is 19.3 Å². The van der Waals surface area contributed by atoms with Gasteiger partial charge in [0.15, 0.2) is 5.71 Å². The molecule has 190 valence electrons. The summed E-state index contributed by atoms with van der Waals surface area (Å²) in [6, 6.07) is 0.445. The van der Waals surface area contributed by atoms with E-state index in [0.29, 0.717) is 10.6 Å². The molecule has 0 aromatic carbocycles. The van der Waals surface area contributed by atoms with Crippen molar-refractivity contribution in [3.63, 3.8) is 0 Å². The lowest BCUT2D eigenvalue weighted by molar-refractivity contribution is -0.150. The first kappa shape index (κ1) is 25.4. The molecule has 2 aromatic rings. The minimum Gasteiger partial charge on any atom is -0.480 e. The van der Waals surface area contributed by atoms with Gasteiger partial charge in [0, 0.05) is 17.6 Å². The largest absolute Gasteiger partial charge is 0.480 e. The van der Waals surface area contributed by atoms with Gasteiger partial charge < -0.3 is 26.1 Å². The number of nitrogens with one attached hydrogen (secondary N) is 1. The van der Waals surface area contributed by atoms with E-state index in [4.69, 9.17) is 15.7 Å². The minimum atomic E-state index is -1.31. The predicted octanol–water partition coefficient (Wildman–Crippen LogP) is -1.32. The molecule has 19 heteroatoms. The number of tetrazole rings is 1. The highest BCUT2D eigenvalue weighted by molar-refractivity contribution is 8.01. The van der Waals surface area contributed by atoms with Crippen LogP contribution in [0.3, 0.4) is 0 Å². The van der Waals surface area contributed by atoms with E-state index in [1.807, 2.05) is 0 Å². The summed E-state index contributed by atoms with van der Waals surface area (Å²) >= 11 is 3.28. The summed E-state index contributed by atoms with van der Waals surface area (Å²) in [6.45, 7) is -0.454. The number of carbonyl (C=O) groups is 4. The number of hydrogen-bond donors (Lipinski definition) is 4. The SMILES string of the molecule is CO/N=C(\C(=O)N[C@@H]1C(=O)N2C(C(=O)O)=C(CSc3nnnn3CC(=O)O)CS[C@H]12)c1cc(N)sn1. The second-order valence-electron chi connectivity index (χ2n) is 7.16. The Morgan fingerprint density at radius 3 is 2.81 bits per heavy atom. The summed E-state index contributed by atoms with van der Waals surface area (Å²) in [5.74, 6) is -3.42. The third kappa shape index (κ3) is 4.97. The van der Waals surface area contributed by atoms with E-state index in [0.717, 1.165) is 32.9 Å². The molecule has 16 nitrogen and oxygen atoms in total. The number of carboxylic acid groups (broad SMARTS) is 2. The van der Waals surface area contributed by atoms with Gasteiger partial charge in [-0.15, -0.1) is 16.9 Å². The standard InChI is InChI=1S/C17H17N9O7S3/c1-33-21-10(7-2-8(18)36-22-7)13(29)19-11-14(30)26-12(16(31)32)6(4-34-15(11)26)5-35-17-20-23-24-25(17)3-9(27)28/h2,11,15H,3-5,18H2,1H3,(H,19,29)(H,27,28)(H,31,32)/b21-10-/t11-,15-/m1/s1. The van der Waals surface area contributed by atoms with Gasteiger partial charge in [-0.05, 0) is 27.5 Å². The van der Waals surface area contributed by atoms with Crippen LogP contribution in [0.5, 0.6) is 0 Å². The summed E-state index contributed by atoms with van der Waals surface area (Å²) in [6.07, 6.45) is 0. The van der Waals surface area contributed by atoms with Gasteiger partial charge in [-0.25, -0.2) is 9.48 Å². The van der Waals surface area contributed by atoms with E-state index in [2.05, 4.69) is 30.4 Å². The Kier molecular flexibility index (Phi) is 7.40. The van der Waals surface area contributed by atoms with E-state index in [9.17, 15) is 24.3 Å². The Bertz CT molecular complexity index is 1290. The van der Waals surface area contributed by atoms with E-state index >= 15 is 0 Å². The van der Waals surface area contributed by atoms with Crippen LogP contribution in [0, 0.1) is 0 Å². The smallest absolute Gasteiger partial charge is 0.352 e. The lowest BCUT2D eigenvalue weighted by Gasteiger charge is -2.49. The number of anilines is 1. The number of amides is 2. The van der Waals surface area contributed by atoms with Crippen LogP contribution in [0.25, 0.3) is 0 Å². The van der Waals surface area contributed by atoms with E-state index < -0.39 is 41.7 Å². The summed E-state index contributed by atoms with van der Waals surface area (Å²) in [4.78, 5) is 54.6. The number of oxime groups is 1. The zero-order valence-corrected chi connectivity index (χ0v) is 20.7. The number of nitrogen functional groups attached to an aromatic ring is 1. The van der Waals surface area contributed by atoms with Crippen LogP contribution in [0.2, 0.25) is 0 Å². The highest BCUT2D eigenvalue weighted by Crippen LogP contribution is 2.41.